The maximum Gasteiger partial charge on any atom is 0.336 e. The molecule has 0 amide bonds. The van der Waals surface area contributed by atoms with Crippen molar-refractivity contribution in [2.75, 3.05) is 12.0 Å². The molecule has 0 saturated heterocycles. The van der Waals surface area contributed by atoms with Crippen molar-refractivity contribution < 1.29 is 9.53 Å². The fraction of sp³-hybridized carbons (Fsp3) is 0.150. The van der Waals surface area contributed by atoms with Crippen LogP contribution in [0.5, 0.6) is 0 Å². The normalized spacial score (nSPS) is 16.7. The molecule has 4 heteroatoms. The monoisotopic (exact) mass is 339 g/mol. The van der Waals surface area contributed by atoms with Crippen molar-refractivity contribution in [3.63, 3.8) is 0 Å². The highest BCUT2D eigenvalue weighted by atomic mass is 35.5. The first-order valence-corrected chi connectivity index (χ1v) is 8.05. The van der Waals surface area contributed by atoms with Crippen LogP contribution in [0.15, 0.2) is 72.6 Å². The molecule has 1 heterocycles. The average molecular weight is 340 g/mol. The molecular weight excluding hydrogens is 322 g/mol. The molecule has 0 saturated carbocycles. The number of carbonyl (C=O) groups is 1. The third kappa shape index (κ3) is 3.22. The molecule has 0 fully saturated rings. The number of nitrogens with zero attached hydrogens (tertiary/aromatic N) is 1. The highest BCUT2D eigenvalue weighted by molar-refractivity contribution is 6.31. The SMILES string of the molecule is COC(=O)C1=CN(c2ccc(C)cc2)C=CC1c1ccccc1Cl. The van der Waals surface area contributed by atoms with Crippen molar-refractivity contribution in [2.24, 2.45) is 0 Å². The minimum atomic E-state index is -0.360. The molecule has 0 N–H and O–H groups in total. The molecule has 3 rings (SSSR count). The standard InChI is InChI=1S/C20H18ClNO2/c1-14-7-9-15(10-8-14)22-12-11-16(18(13-22)20(23)24-2)17-5-3-4-6-19(17)21/h3-13,16H,1-2H3. The van der Waals surface area contributed by atoms with Gasteiger partial charge < -0.3 is 9.64 Å². The summed E-state index contributed by atoms with van der Waals surface area (Å²) in [6.07, 6.45) is 5.73. The number of hydrogen-bond donors (Lipinski definition) is 0. The van der Waals surface area contributed by atoms with Gasteiger partial charge in [-0.05, 0) is 30.7 Å². The van der Waals surface area contributed by atoms with Gasteiger partial charge in [0.15, 0.2) is 0 Å². The van der Waals surface area contributed by atoms with E-state index in [1.807, 2.05) is 78.8 Å². The number of ether oxygens (including phenoxy) is 1. The largest absolute Gasteiger partial charge is 0.466 e. The van der Waals surface area contributed by atoms with Gasteiger partial charge in [-0.25, -0.2) is 4.79 Å². The molecule has 0 aliphatic carbocycles. The highest BCUT2D eigenvalue weighted by Gasteiger charge is 2.27. The smallest absolute Gasteiger partial charge is 0.336 e. The van der Waals surface area contributed by atoms with Crippen molar-refractivity contribution in [1.29, 1.82) is 0 Å². The average Bonchev–Trinajstić information content (AvgIpc) is 2.62. The van der Waals surface area contributed by atoms with E-state index in [9.17, 15) is 4.79 Å². The second-order valence-corrected chi connectivity index (χ2v) is 6.07. The van der Waals surface area contributed by atoms with Crippen LogP contribution in [0.4, 0.5) is 5.69 Å². The summed E-state index contributed by atoms with van der Waals surface area (Å²) in [6, 6.07) is 15.6. The van der Waals surface area contributed by atoms with Crippen molar-refractivity contribution in [3.05, 3.63) is 88.7 Å². The first kappa shape index (κ1) is 16.3. The number of esters is 1. The van der Waals surface area contributed by atoms with Gasteiger partial charge in [0.2, 0.25) is 0 Å². The Morgan fingerprint density at radius 2 is 1.83 bits per heavy atom. The second-order valence-electron chi connectivity index (χ2n) is 5.66. The minimum Gasteiger partial charge on any atom is -0.466 e. The molecule has 0 bridgehead atoms. The van der Waals surface area contributed by atoms with Gasteiger partial charge in [-0.1, -0.05) is 53.6 Å². The van der Waals surface area contributed by atoms with Gasteiger partial charge in [0, 0.05) is 29.0 Å². The summed E-state index contributed by atoms with van der Waals surface area (Å²) in [6.45, 7) is 2.04. The summed E-state index contributed by atoms with van der Waals surface area (Å²) in [5.41, 5.74) is 3.60. The van der Waals surface area contributed by atoms with Crippen molar-refractivity contribution in [1.82, 2.24) is 0 Å². The molecule has 1 unspecified atom stereocenters. The minimum absolute atomic E-state index is 0.229. The molecule has 1 aliphatic rings. The lowest BCUT2D eigenvalue weighted by atomic mass is 9.89. The number of halogens is 1. The van der Waals surface area contributed by atoms with Crippen molar-refractivity contribution in [3.8, 4) is 0 Å². The Morgan fingerprint density at radius 3 is 2.50 bits per heavy atom. The van der Waals surface area contributed by atoms with E-state index < -0.39 is 0 Å². The van der Waals surface area contributed by atoms with E-state index in [1.165, 1.54) is 12.7 Å². The number of methoxy groups -OCH3 is 1. The van der Waals surface area contributed by atoms with Crippen LogP contribution in [0.1, 0.15) is 17.0 Å². The van der Waals surface area contributed by atoms with Gasteiger partial charge in [-0.2, -0.15) is 0 Å². The Hall–Kier alpha value is -2.52. The van der Waals surface area contributed by atoms with Crippen LogP contribution in [0.3, 0.4) is 0 Å². The molecule has 2 aromatic rings. The first-order chi connectivity index (χ1) is 11.6. The Balaban J connectivity index is 2.00. The Kier molecular flexibility index (Phi) is 4.72. The van der Waals surface area contributed by atoms with Crippen LogP contribution in [0.25, 0.3) is 0 Å². The van der Waals surface area contributed by atoms with Gasteiger partial charge in [0.05, 0.1) is 12.7 Å². The van der Waals surface area contributed by atoms with E-state index in [1.54, 1.807) is 0 Å². The van der Waals surface area contributed by atoms with Crippen LogP contribution in [-0.2, 0) is 9.53 Å². The predicted octanol–water partition coefficient (Wildman–Crippen LogP) is 4.82. The number of aryl methyl sites for hydroxylation is 1. The molecule has 3 nitrogen and oxygen atoms in total. The van der Waals surface area contributed by atoms with E-state index >= 15 is 0 Å². The van der Waals surface area contributed by atoms with Crippen LogP contribution in [0.2, 0.25) is 5.02 Å². The van der Waals surface area contributed by atoms with Crippen LogP contribution >= 0.6 is 11.6 Å². The van der Waals surface area contributed by atoms with Gasteiger partial charge in [0.1, 0.15) is 0 Å². The quantitative estimate of drug-likeness (QED) is 0.751. The van der Waals surface area contributed by atoms with Crippen LogP contribution in [-0.4, -0.2) is 13.1 Å². The molecule has 0 spiro atoms. The molecule has 1 aliphatic heterocycles. The summed E-state index contributed by atoms with van der Waals surface area (Å²) in [5.74, 6) is -0.589. The lowest BCUT2D eigenvalue weighted by molar-refractivity contribution is -0.136. The fourth-order valence-electron chi connectivity index (χ4n) is 2.73. The molecule has 1 atom stereocenters. The Labute approximate surface area is 146 Å². The third-order valence-corrected chi connectivity index (χ3v) is 4.39. The molecule has 0 aromatic heterocycles. The maximum atomic E-state index is 12.3. The number of benzene rings is 2. The summed E-state index contributed by atoms with van der Waals surface area (Å²) in [7, 11) is 1.39. The number of anilines is 1. The number of rotatable bonds is 3. The zero-order valence-corrected chi connectivity index (χ0v) is 14.3. The lowest BCUT2D eigenvalue weighted by Gasteiger charge is -2.26. The third-order valence-electron chi connectivity index (χ3n) is 4.05. The van der Waals surface area contributed by atoms with E-state index in [0.717, 1.165) is 11.3 Å². The van der Waals surface area contributed by atoms with Crippen LogP contribution < -0.4 is 4.90 Å². The summed E-state index contributed by atoms with van der Waals surface area (Å²) in [5, 5.41) is 0.630. The summed E-state index contributed by atoms with van der Waals surface area (Å²) < 4.78 is 4.97. The lowest BCUT2D eigenvalue weighted by Crippen LogP contribution is -2.21. The van der Waals surface area contributed by atoms with E-state index in [-0.39, 0.29) is 11.9 Å². The number of allylic oxidation sites excluding steroid dienone is 1. The first-order valence-electron chi connectivity index (χ1n) is 7.68. The van der Waals surface area contributed by atoms with Gasteiger partial charge in [0.25, 0.3) is 0 Å². The molecule has 0 radical (unpaired) electrons. The molecular formula is C20H18ClNO2. The highest BCUT2D eigenvalue weighted by Crippen LogP contribution is 2.35. The Morgan fingerprint density at radius 1 is 1.12 bits per heavy atom. The van der Waals surface area contributed by atoms with Crippen molar-refractivity contribution in [2.45, 2.75) is 12.8 Å². The van der Waals surface area contributed by atoms with E-state index in [4.69, 9.17) is 16.3 Å². The zero-order chi connectivity index (χ0) is 17.1. The number of carbonyl (C=O) groups excluding carboxylic acids is 1. The number of hydrogen-bond acceptors (Lipinski definition) is 3. The van der Waals surface area contributed by atoms with Crippen molar-refractivity contribution >= 4 is 23.3 Å². The van der Waals surface area contributed by atoms with E-state index in [2.05, 4.69) is 0 Å². The summed E-state index contributed by atoms with van der Waals surface area (Å²) in [4.78, 5) is 14.2. The van der Waals surface area contributed by atoms with Gasteiger partial charge in [-0.3, -0.25) is 0 Å². The van der Waals surface area contributed by atoms with E-state index in [0.29, 0.717) is 10.6 Å². The predicted molar refractivity (Wildman–Crippen MR) is 97.1 cm³/mol. The molecule has 2 aromatic carbocycles. The maximum absolute atomic E-state index is 12.3. The van der Waals surface area contributed by atoms with Crippen LogP contribution in [0, 0.1) is 6.92 Å². The van der Waals surface area contributed by atoms with Gasteiger partial charge >= 0.3 is 5.97 Å². The van der Waals surface area contributed by atoms with Gasteiger partial charge in [-0.15, -0.1) is 0 Å². The molecule has 122 valence electrons. The summed E-state index contributed by atoms with van der Waals surface area (Å²) >= 11 is 6.31. The fourth-order valence-corrected chi connectivity index (χ4v) is 2.98. The molecule has 24 heavy (non-hydrogen) atoms. The second kappa shape index (κ2) is 6.93. The Bertz CT molecular complexity index is 809. The topological polar surface area (TPSA) is 29.5 Å². The zero-order valence-electron chi connectivity index (χ0n) is 13.6.